The molecule has 0 amide bonds. The van der Waals surface area contributed by atoms with Crippen LogP contribution in [0.2, 0.25) is 0 Å². The smallest absolute Gasteiger partial charge is 0.211 e. The molecule has 5 nitrogen and oxygen atoms in total. The van der Waals surface area contributed by atoms with E-state index in [-0.39, 0.29) is 23.7 Å². The van der Waals surface area contributed by atoms with Crippen LogP contribution in [-0.2, 0) is 16.6 Å². The molecule has 26 heavy (non-hydrogen) atoms. The van der Waals surface area contributed by atoms with Gasteiger partial charge in [-0.2, -0.15) is 4.31 Å². The lowest BCUT2D eigenvalue weighted by atomic mass is 9.90. The maximum Gasteiger partial charge on any atom is 0.211 e. The first kappa shape index (κ1) is 17.6. The molecule has 0 unspecified atom stereocenters. The highest BCUT2D eigenvalue weighted by atomic mass is 32.2. The molecule has 0 radical (unpaired) electrons. The number of sulfonamides is 1. The van der Waals surface area contributed by atoms with Crippen molar-refractivity contribution in [3.63, 3.8) is 0 Å². The van der Waals surface area contributed by atoms with Crippen LogP contribution in [0.3, 0.4) is 0 Å². The molecule has 2 aromatic rings. The third-order valence-electron chi connectivity index (χ3n) is 5.47. The molecule has 3 atom stereocenters. The minimum absolute atomic E-state index is 0.158. The van der Waals surface area contributed by atoms with Gasteiger partial charge < -0.3 is 0 Å². The van der Waals surface area contributed by atoms with Gasteiger partial charge in [0.1, 0.15) is 5.82 Å². The fraction of sp³-hybridized carbons (Fsp3) is 0.421. The second kappa shape index (κ2) is 6.72. The van der Waals surface area contributed by atoms with Crippen LogP contribution < -0.4 is 0 Å². The number of fused-ring (bicyclic) bond motifs is 1. The van der Waals surface area contributed by atoms with E-state index in [4.69, 9.17) is 0 Å². The van der Waals surface area contributed by atoms with E-state index in [1.165, 1.54) is 12.3 Å². The highest BCUT2D eigenvalue weighted by Gasteiger charge is 2.50. The van der Waals surface area contributed by atoms with Gasteiger partial charge in [-0.1, -0.05) is 30.3 Å². The summed E-state index contributed by atoms with van der Waals surface area (Å²) in [5.74, 6) is 0.169. The van der Waals surface area contributed by atoms with E-state index in [0.717, 1.165) is 18.7 Å². The van der Waals surface area contributed by atoms with Crippen LogP contribution in [0.1, 0.15) is 17.3 Å². The molecular formula is C19H22FN3O2S. The molecule has 2 fully saturated rings. The summed E-state index contributed by atoms with van der Waals surface area (Å²) in [5, 5.41) is 0. The Balaban J connectivity index is 1.58. The summed E-state index contributed by atoms with van der Waals surface area (Å²) >= 11 is 0. The quantitative estimate of drug-likeness (QED) is 0.823. The summed E-state index contributed by atoms with van der Waals surface area (Å²) < 4.78 is 40.2. The fourth-order valence-electron chi connectivity index (χ4n) is 4.38. The summed E-state index contributed by atoms with van der Waals surface area (Å²) in [6.07, 6.45) is 2.89. The standard InChI is InChI=1S/C19H22FN3O2S/c1-26(24,25)23-11-15-10-22(13-18-17(20)8-5-9-21-18)12-16(15)19(23)14-6-3-2-4-7-14/h2-9,15-16,19H,10-13H2,1H3/t15-,16-,19+/m1/s1. The SMILES string of the molecule is CS(=O)(=O)N1C[C@H]2CN(Cc3ncccc3F)C[C@H]2[C@@H]1c1ccccc1. The molecule has 2 aliphatic rings. The number of rotatable bonds is 4. The van der Waals surface area contributed by atoms with Crippen molar-refractivity contribution in [1.29, 1.82) is 0 Å². The zero-order chi connectivity index (χ0) is 18.3. The molecule has 0 saturated carbocycles. The first-order valence-electron chi connectivity index (χ1n) is 8.77. The lowest BCUT2D eigenvalue weighted by molar-refractivity contribution is 0.256. The molecule has 1 aromatic heterocycles. The summed E-state index contributed by atoms with van der Waals surface area (Å²) in [6.45, 7) is 2.48. The first-order chi connectivity index (χ1) is 12.4. The number of aromatic nitrogens is 1. The molecule has 0 N–H and O–H groups in total. The Hall–Kier alpha value is -1.83. The third-order valence-corrected chi connectivity index (χ3v) is 6.70. The molecule has 138 valence electrons. The minimum Gasteiger partial charge on any atom is -0.297 e. The summed E-state index contributed by atoms with van der Waals surface area (Å²) in [5.41, 5.74) is 1.47. The van der Waals surface area contributed by atoms with Crippen LogP contribution in [0.25, 0.3) is 0 Å². The number of pyridine rings is 1. The monoisotopic (exact) mass is 375 g/mol. The van der Waals surface area contributed by atoms with Crippen molar-refractivity contribution in [2.45, 2.75) is 12.6 Å². The van der Waals surface area contributed by atoms with Crippen molar-refractivity contribution >= 4 is 10.0 Å². The van der Waals surface area contributed by atoms with Gasteiger partial charge in [0.05, 0.1) is 18.0 Å². The van der Waals surface area contributed by atoms with E-state index in [9.17, 15) is 12.8 Å². The summed E-state index contributed by atoms with van der Waals surface area (Å²) in [4.78, 5) is 6.33. The van der Waals surface area contributed by atoms with Gasteiger partial charge in [-0.05, 0) is 29.5 Å². The van der Waals surface area contributed by atoms with Crippen molar-refractivity contribution < 1.29 is 12.8 Å². The molecule has 7 heteroatoms. The summed E-state index contributed by atoms with van der Waals surface area (Å²) in [6, 6.07) is 12.7. The maximum atomic E-state index is 13.9. The largest absolute Gasteiger partial charge is 0.297 e. The number of benzene rings is 1. The maximum absolute atomic E-state index is 13.9. The Morgan fingerprint density at radius 3 is 2.58 bits per heavy atom. The van der Waals surface area contributed by atoms with Crippen molar-refractivity contribution in [2.75, 3.05) is 25.9 Å². The molecule has 4 rings (SSSR count). The normalized spacial score (nSPS) is 26.9. The van der Waals surface area contributed by atoms with Crippen LogP contribution in [0, 0.1) is 17.7 Å². The molecule has 3 heterocycles. The molecular weight excluding hydrogens is 353 g/mol. The average molecular weight is 375 g/mol. The topological polar surface area (TPSA) is 53.5 Å². The Morgan fingerprint density at radius 1 is 1.12 bits per heavy atom. The van der Waals surface area contributed by atoms with Gasteiger partial charge in [-0.3, -0.25) is 9.88 Å². The number of nitrogens with zero attached hydrogens (tertiary/aromatic N) is 3. The van der Waals surface area contributed by atoms with Crippen molar-refractivity contribution in [3.05, 3.63) is 65.7 Å². The van der Waals surface area contributed by atoms with Crippen molar-refractivity contribution in [1.82, 2.24) is 14.2 Å². The van der Waals surface area contributed by atoms with Gasteiger partial charge in [0.25, 0.3) is 0 Å². The number of likely N-dealkylation sites (tertiary alicyclic amines) is 1. The fourth-order valence-corrected chi connectivity index (χ4v) is 5.53. The van der Waals surface area contributed by atoms with Crippen LogP contribution in [0.15, 0.2) is 48.7 Å². The number of halogens is 1. The van der Waals surface area contributed by atoms with E-state index >= 15 is 0 Å². The predicted octanol–water partition coefficient (Wildman–Crippen LogP) is 2.29. The molecule has 0 spiro atoms. The minimum atomic E-state index is -3.28. The van der Waals surface area contributed by atoms with Crippen LogP contribution in [0.4, 0.5) is 4.39 Å². The Morgan fingerprint density at radius 2 is 1.88 bits per heavy atom. The highest BCUT2D eigenvalue weighted by molar-refractivity contribution is 7.88. The Labute approximate surface area is 153 Å². The van der Waals surface area contributed by atoms with E-state index in [1.807, 2.05) is 30.3 Å². The Kier molecular flexibility index (Phi) is 4.54. The van der Waals surface area contributed by atoms with E-state index in [2.05, 4.69) is 9.88 Å². The zero-order valence-electron chi connectivity index (χ0n) is 14.6. The van der Waals surface area contributed by atoms with E-state index < -0.39 is 10.0 Å². The molecule has 2 aliphatic heterocycles. The lowest BCUT2D eigenvalue weighted by Crippen LogP contribution is -2.35. The predicted molar refractivity (Wildman–Crippen MR) is 97.2 cm³/mol. The second-order valence-corrected chi connectivity index (χ2v) is 9.17. The van der Waals surface area contributed by atoms with Crippen molar-refractivity contribution in [3.8, 4) is 0 Å². The highest BCUT2D eigenvalue weighted by Crippen LogP contribution is 2.46. The molecule has 0 bridgehead atoms. The lowest BCUT2D eigenvalue weighted by Gasteiger charge is -2.28. The van der Waals surface area contributed by atoms with Gasteiger partial charge in [-0.25, -0.2) is 12.8 Å². The molecule has 0 aliphatic carbocycles. The van der Waals surface area contributed by atoms with E-state index in [0.29, 0.717) is 18.8 Å². The zero-order valence-corrected chi connectivity index (χ0v) is 15.4. The van der Waals surface area contributed by atoms with Crippen molar-refractivity contribution in [2.24, 2.45) is 11.8 Å². The average Bonchev–Trinajstić information content (AvgIpc) is 3.14. The van der Waals surface area contributed by atoms with Gasteiger partial charge in [0.2, 0.25) is 10.0 Å². The third kappa shape index (κ3) is 3.26. The molecule has 1 aromatic carbocycles. The van der Waals surface area contributed by atoms with Crippen LogP contribution in [0.5, 0.6) is 0 Å². The second-order valence-electron chi connectivity index (χ2n) is 7.24. The van der Waals surface area contributed by atoms with E-state index in [1.54, 1.807) is 16.6 Å². The first-order valence-corrected chi connectivity index (χ1v) is 10.6. The molecule has 2 saturated heterocycles. The van der Waals surface area contributed by atoms with Crippen LogP contribution in [-0.4, -0.2) is 48.5 Å². The van der Waals surface area contributed by atoms with Gasteiger partial charge >= 0.3 is 0 Å². The summed E-state index contributed by atoms with van der Waals surface area (Å²) in [7, 11) is -3.28. The van der Waals surface area contributed by atoms with Gasteiger partial charge in [0, 0.05) is 32.4 Å². The number of hydrogen-bond donors (Lipinski definition) is 0. The van der Waals surface area contributed by atoms with Gasteiger partial charge in [-0.15, -0.1) is 0 Å². The van der Waals surface area contributed by atoms with Crippen LogP contribution >= 0.6 is 0 Å². The number of hydrogen-bond acceptors (Lipinski definition) is 4. The van der Waals surface area contributed by atoms with Gasteiger partial charge in [0.15, 0.2) is 0 Å². The Bertz CT molecular complexity index is 891.